The number of nitrogens with one attached hydrogen (secondary N) is 2. The van der Waals surface area contributed by atoms with Gasteiger partial charge in [0, 0.05) is 27.9 Å². The van der Waals surface area contributed by atoms with E-state index in [4.69, 9.17) is 0 Å². The molecule has 3 aliphatic rings. The van der Waals surface area contributed by atoms with Crippen LogP contribution in [0.5, 0.6) is 0 Å². The summed E-state index contributed by atoms with van der Waals surface area (Å²) in [7, 11) is 0. The molecule has 2 nitrogen and oxygen atoms in total. The lowest BCUT2D eigenvalue weighted by Gasteiger charge is -2.35. The molecule has 4 rings (SSSR count). The Morgan fingerprint density at radius 3 is 2.64 bits per heavy atom. The molecule has 174 valence electrons. The molecule has 1 aromatic rings. The molecular formula is C31H40N2. The molecule has 0 saturated heterocycles. The van der Waals surface area contributed by atoms with Gasteiger partial charge in [0.05, 0.1) is 12.1 Å². The first-order valence-corrected chi connectivity index (χ1v) is 12.5. The zero-order valence-electron chi connectivity index (χ0n) is 21.2. The Morgan fingerprint density at radius 2 is 1.97 bits per heavy atom. The van der Waals surface area contributed by atoms with Crippen molar-refractivity contribution >= 4 is 16.9 Å². The van der Waals surface area contributed by atoms with Gasteiger partial charge in [0.1, 0.15) is 0 Å². The number of hydrogen-bond acceptors (Lipinski definition) is 2. The van der Waals surface area contributed by atoms with E-state index in [0.29, 0.717) is 6.04 Å². The summed E-state index contributed by atoms with van der Waals surface area (Å²) in [6.45, 7) is 16.8. The summed E-state index contributed by atoms with van der Waals surface area (Å²) in [6.07, 6.45) is 24.0. The topological polar surface area (TPSA) is 24.1 Å². The minimum absolute atomic E-state index is 0.118. The molecule has 0 amide bonds. The molecule has 0 radical (unpaired) electrons. The molecular weight excluding hydrogens is 400 g/mol. The summed E-state index contributed by atoms with van der Waals surface area (Å²) in [5.41, 5.74) is 8.99. The number of benzene rings is 1. The average Bonchev–Trinajstić information content (AvgIpc) is 3.36. The van der Waals surface area contributed by atoms with Crippen molar-refractivity contribution in [3.63, 3.8) is 0 Å². The van der Waals surface area contributed by atoms with E-state index in [-0.39, 0.29) is 11.5 Å². The van der Waals surface area contributed by atoms with E-state index < -0.39 is 0 Å². The monoisotopic (exact) mass is 440 g/mol. The maximum atomic E-state index is 3.98. The smallest absolute Gasteiger partial charge is 0.0649 e. The Kier molecular flexibility index (Phi) is 8.02. The molecule has 2 heteroatoms. The second-order valence-electron chi connectivity index (χ2n) is 8.63. The average molecular weight is 441 g/mol. The highest BCUT2D eigenvalue weighted by atomic mass is 15.0. The fraction of sp³-hybridized carbons (Fsp3) is 0.355. The molecule has 3 unspecified atom stereocenters. The first-order chi connectivity index (χ1) is 16.1. The number of fused-ring (bicyclic) bond motifs is 5. The van der Waals surface area contributed by atoms with Crippen LogP contribution in [0.4, 0.5) is 11.4 Å². The molecule has 2 heterocycles. The number of allylic oxidation sites excluding steroid dienone is 8. The highest BCUT2D eigenvalue weighted by molar-refractivity contribution is 5.94. The fourth-order valence-corrected chi connectivity index (χ4v) is 5.43. The zero-order chi connectivity index (χ0) is 24.0. The van der Waals surface area contributed by atoms with Crippen molar-refractivity contribution < 1.29 is 0 Å². The van der Waals surface area contributed by atoms with Crippen LogP contribution in [-0.2, 0) is 5.41 Å². The summed E-state index contributed by atoms with van der Waals surface area (Å²) in [6, 6.07) is 5.04. The van der Waals surface area contributed by atoms with Crippen molar-refractivity contribution in [2.24, 2.45) is 0 Å². The Morgan fingerprint density at radius 1 is 1.18 bits per heavy atom. The predicted octanol–water partition coefficient (Wildman–Crippen LogP) is 8.50. The summed E-state index contributed by atoms with van der Waals surface area (Å²) in [4.78, 5) is 0. The molecule has 0 fully saturated rings. The minimum atomic E-state index is -0.218. The van der Waals surface area contributed by atoms with Crippen molar-refractivity contribution in [1.82, 2.24) is 0 Å². The van der Waals surface area contributed by atoms with Crippen LogP contribution in [0.2, 0.25) is 0 Å². The highest BCUT2D eigenvalue weighted by Crippen LogP contribution is 2.55. The van der Waals surface area contributed by atoms with Crippen molar-refractivity contribution in [3.05, 3.63) is 102 Å². The zero-order valence-corrected chi connectivity index (χ0v) is 21.2. The third kappa shape index (κ3) is 4.19. The first kappa shape index (κ1) is 24.6. The molecule has 0 saturated carbocycles. The van der Waals surface area contributed by atoms with Gasteiger partial charge >= 0.3 is 0 Å². The van der Waals surface area contributed by atoms with Gasteiger partial charge in [-0.3, -0.25) is 0 Å². The van der Waals surface area contributed by atoms with Gasteiger partial charge in [0.15, 0.2) is 0 Å². The minimum Gasteiger partial charge on any atom is -0.377 e. The molecule has 0 bridgehead atoms. The molecule has 33 heavy (non-hydrogen) atoms. The van der Waals surface area contributed by atoms with Crippen LogP contribution in [0.3, 0.4) is 0 Å². The van der Waals surface area contributed by atoms with E-state index >= 15 is 0 Å². The van der Waals surface area contributed by atoms with Crippen LogP contribution >= 0.6 is 0 Å². The van der Waals surface area contributed by atoms with E-state index in [0.717, 1.165) is 12.8 Å². The molecule has 1 aromatic carbocycles. The largest absolute Gasteiger partial charge is 0.377 e. The summed E-state index contributed by atoms with van der Waals surface area (Å²) in [5.74, 6) is 0. The van der Waals surface area contributed by atoms with Crippen molar-refractivity contribution in [2.45, 2.75) is 71.9 Å². The SMILES string of the molecule is C=C/C=C(\C=C/C)C1Nc2ccc3c(c2C1(C)C(/C=C\CC)=C/C)NC1CC=CC=C31.CC. The van der Waals surface area contributed by atoms with Gasteiger partial charge in [-0.2, -0.15) is 0 Å². The van der Waals surface area contributed by atoms with Crippen LogP contribution in [0.15, 0.2) is 90.6 Å². The normalized spacial score (nSPS) is 25.6. The standard InChI is InChI=1S/C29H34N2.C2H6/c1-6-10-15-21(9-4)29(5)26-25(31-28(29)20(13-7-2)14-8-3)19-18-23-22-16-11-12-17-24(22)30-27(23)26;1-2/h7-16,18-19,24,28,30-31H,2,6,17H2,1,3-5H3;1-2H3/b14-8-,15-10-,20-13+,21-9+;. The van der Waals surface area contributed by atoms with Gasteiger partial charge < -0.3 is 10.6 Å². The van der Waals surface area contributed by atoms with Crippen LogP contribution in [0.1, 0.15) is 65.5 Å². The molecule has 1 aliphatic carbocycles. The van der Waals surface area contributed by atoms with E-state index in [1.807, 2.05) is 19.9 Å². The fourth-order valence-electron chi connectivity index (χ4n) is 5.43. The van der Waals surface area contributed by atoms with E-state index in [9.17, 15) is 0 Å². The number of rotatable bonds is 6. The van der Waals surface area contributed by atoms with E-state index in [2.05, 4.69) is 112 Å². The maximum Gasteiger partial charge on any atom is 0.0649 e. The van der Waals surface area contributed by atoms with E-state index in [1.54, 1.807) is 0 Å². The van der Waals surface area contributed by atoms with Crippen LogP contribution < -0.4 is 10.6 Å². The van der Waals surface area contributed by atoms with E-state index in [1.165, 1.54) is 39.2 Å². The predicted molar refractivity (Wildman–Crippen MR) is 148 cm³/mol. The molecule has 0 aromatic heterocycles. The van der Waals surface area contributed by atoms with Gasteiger partial charge in [-0.05, 0) is 56.4 Å². The van der Waals surface area contributed by atoms with Gasteiger partial charge in [-0.15, -0.1) is 0 Å². The first-order valence-electron chi connectivity index (χ1n) is 12.5. The Bertz CT molecular complexity index is 1060. The third-order valence-corrected chi connectivity index (χ3v) is 6.84. The van der Waals surface area contributed by atoms with Crippen molar-refractivity contribution in [2.75, 3.05) is 10.6 Å². The maximum absolute atomic E-state index is 3.98. The quantitative estimate of drug-likeness (QED) is 0.433. The Balaban J connectivity index is 0.00000149. The molecule has 2 aliphatic heterocycles. The lowest BCUT2D eigenvalue weighted by molar-refractivity contribution is 0.548. The third-order valence-electron chi connectivity index (χ3n) is 6.84. The number of anilines is 2. The molecule has 2 N–H and O–H groups in total. The lowest BCUT2D eigenvalue weighted by atomic mass is 9.69. The van der Waals surface area contributed by atoms with Crippen molar-refractivity contribution in [1.29, 1.82) is 0 Å². The van der Waals surface area contributed by atoms with Gasteiger partial charge in [-0.25, -0.2) is 0 Å². The van der Waals surface area contributed by atoms with Crippen molar-refractivity contribution in [3.8, 4) is 0 Å². The molecule has 3 atom stereocenters. The second-order valence-corrected chi connectivity index (χ2v) is 8.63. The van der Waals surface area contributed by atoms with Crippen LogP contribution in [0.25, 0.3) is 5.57 Å². The van der Waals surface area contributed by atoms with Gasteiger partial charge in [0.2, 0.25) is 0 Å². The molecule has 0 spiro atoms. The van der Waals surface area contributed by atoms with Crippen LogP contribution in [0, 0.1) is 0 Å². The lowest BCUT2D eigenvalue weighted by Crippen LogP contribution is -2.39. The van der Waals surface area contributed by atoms with Gasteiger partial charge in [0.25, 0.3) is 0 Å². The van der Waals surface area contributed by atoms with Gasteiger partial charge in [-0.1, -0.05) is 94.2 Å². The summed E-state index contributed by atoms with van der Waals surface area (Å²) >= 11 is 0. The highest BCUT2D eigenvalue weighted by Gasteiger charge is 2.49. The number of hydrogen-bond donors (Lipinski definition) is 2. The van der Waals surface area contributed by atoms with Crippen LogP contribution in [-0.4, -0.2) is 12.1 Å². The summed E-state index contributed by atoms with van der Waals surface area (Å²) in [5, 5.41) is 7.76. The second kappa shape index (κ2) is 10.7. The Hall–Kier alpha value is -3.00. The summed E-state index contributed by atoms with van der Waals surface area (Å²) < 4.78 is 0. The Labute approximate surface area is 201 Å².